The van der Waals surface area contributed by atoms with Crippen LogP contribution in [0.15, 0.2) is 24.3 Å². The quantitative estimate of drug-likeness (QED) is 0.867. The number of anilines is 1. The number of aromatic amines is 1. The molecule has 0 fully saturated rings. The lowest BCUT2D eigenvalue weighted by atomic mass is 9.85. The van der Waals surface area contributed by atoms with Crippen molar-refractivity contribution in [3.8, 4) is 0 Å². The summed E-state index contributed by atoms with van der Waals surface area (Å²) in [6.45, 7) is 4.14. The van der Waals surface area contributed by atoms with Gasteiger partial charge < -0.3 is 5.32 Å². The maximum atomic E-state index is 11.8. The Balaban J connectivity index is 2.04. The second-order valence-corrected chi connectivity index (χ2v) is 5.01. The molecule has 0 bridgehead atoms. The fraction of sp³-hybridized carbons (Fsp3) is 0.333. The molecule has 1 aromatic carbocycles. The molecule has 1 aliphatic rings. The number of amides is 1. The summed E-state index contributed by atoms with van der Waals surface area (Å²) in [4.78, 5) is 11.8. The van der Waals surface area contributed by atoms with Crippen molar-refractivity contribution in [1.82, 2.24) is 10.2 Å². The topological polar surface area (TPSA) is 57.8 Å². The first-order valence-electron chi connectivity index (χ1n) is 6.62. The number of nitrogens with zero attached hydrogens (tertiary/aromatic N) is 1. The molecule has 2 aromatic rings. The normalized spacial score (nSPS) is 18.0. The van der Waals surface area contributed by atoms with Gasteiger partial charge in [0.1, 0.15) is 0 Å². The Hall–Kier alpha value is -2.10. The number of nitrogens with one attached hydrogen (secondary N) is 2. The summed E-state index contributed by atoms with van der Waals surface area (Å²) in [6, 6.07) is 8.52. The van der Waals surface area contributed by atoms with Crippen LogP contribution in [0.2, 0.25) is 0 Å². The summed E-state index contributed by atoms with van der Waals surface area (Å²) in [5.74, 6) is 0.815. The van der Waals surface area contributed by atoms with E-state index in [1.54, 1.807) is 0 Å². The standard InChI is InChI=1S/C15H17N3O/c1-3-10-4-6-11(7-5-10)12-8-13(19)16-15-14(12)9(2)17-18-15/h4-7,12H,3,8H2,1-2H3,(H2,16,17,18,19). The van der Waals surface area contributed by atoms with E-state index in [2.05, 4.69) is 46.7 Å². The Morgan fingerprint density at radius 1 is 1.32 bits per heavy atom. The largest absolute Gasteiger partial charge is 0.309 e. The number of aryl methyl sites for hydroxylation is 2. The lowest BCUT2D eigenvalue weighted by Crippen LogP contribution is -2.23. The molecule has 0 spiro atoms. The lowest BCUT2D eigenvalue weighted by molar-refractivity contribution is -0.116. The van der Waals surface area contributed by atoms with E-state index in [4.69, 9.17) is 0 Å². The van der Waals surface area contributed by atoms with Gasteiger partial charge in [0.25, 0.3) is 0 Å². The first kappa shape index (κ1) is 12.0. The average Bonchev–Trinajstić information content (AvgIpc) is 2.79. The Labute approximate surface area is 112 Å². The molecule has 0 aliphatic carbocycles. The van der Waals surface area contributed by atoms with Crippen molar-refractivity contribution in [2.24, 2.45) is 0 Å². The summed E-state index contributed by atoms with van der Waals surface area (Å²) in [6.07, 6.45) is 1.51. The van der Waals surface area contributed by atoms with Crippen molar-refractivity contribution in [2.75, 3.05) is 5.32 Å². The van der Waals surface area contributed by atoms with E-state index >= 15 is 0 Å². The van der Waals surface area contributed by atoms with Crippen molar-refractivity contribution in [3.05, 3.63) is 46.6 Å². The predicted octanol–water partition coefficient (Wildman–Crippen LogP) is 2.75. The number of aromatic nitrogens is 2. The average molecular weight is 255 g/mol. The Bertz CT molecular complexity index is 613. The van der Waals surface area contributed by atoms with Gasteiger partial charge >= 0.3 is 0 Å². The highest BCUT2D eigenvalue weighted by Crippen LogP contribution is 2.37. The molecule has 2 heterocycles. The molecular formula is C15H17N3O. The van der Waals surface area contributed by atoms with Crippen LogP contribution in [0.1, 0.15) is 41.6 Å². The molecule has 19 heavy (non-hydrogen) atoms. The molecule has 1 unspecified atom stereocenters. The van der Waals surface area contributed by atoms with Gasteiger partial charge in [0.2, 0.25) is 5.91 Å². The van der Waals surface area contributed by atoms with Crippen LogP contribution in [-0.2, 0) is 11.2 Å². The zero-order chi connectivity index (χ0) is 13.4. The maximum absolute atomic E-state index is 11.8. The second kappa shape index (κ2) is 4.53. The smallest absolute Gasteiger partial charge is 0.226 e. The Kier molecular flexibility index (Phi) is 2.85. The van der Waals surface area contributed by atoms with E-state index in [0.717, 1.165) is 17.7 Å². The van der Waals surface area contributed by atoms with E-state index < -0.39 is 0 Å². The first-order chi connectivity index (χ1) is 9.19. The summed E-state index contributed by atoms with van der Waals surface area (Å²) in [5, 5.41) is 9.94. The van der Waals surface area contributed by atoms with Crippen LogP contribution in [0.3, 0.4) is 0 Å². The molecular weight excluding hydrogens is 238 g/mol. The van der Waals surface area contributed by atoms with Crippen LogP contribution in [0.4, 0.5) is 5.82 Å². The minimum atomic E-state index is 0.0311. The Morgan fingerprint density at radius 3 is 2.74 bits per heavy atom. The number of carbonyl (C=O) groups excluding carboxylic acids is 1. The lowest BCUT2D eigenvalue weighted by Gasteiger charge is -2.23. The maximum Gasteiger partial charge on any atom is 0.226 e. The van der Waals surface area contributed by atoms with E-state index in [9.17, 15) is 4.79 Å². The molecule has 1 atom stereocenters. The molecule has 0 saturated heterocycles. The minimum absolute atomic E-state index is 0.0311. The predicted molar refractivity (Wildman–Crippen MR) is 74.2 cm³/mol. The molecule has 2 N–H and O–H groups in total. The molecule has 1 aliphatic heterocycles. The number of benzene rings is 1. The van der Waals surface area contributed by atoms with Crippen molar-refractivity contribution in [3.63, 3.8) is 0 Å². The summed E-state index contributed by atoms with van der Waals surface area (Å²) in [7, 11) is 0. The molecule has 4 nitrogen and oxygen atoms in total. The molecule has 0 radical (unpaired) electrons. The fourth-order valence-corrected chi connectivity index (χ4v) is 2.70. The molecule has 1 amide bonds. The van der Waals surface area contributed by atoms with Gasteiger partial charge in [0, 0.05) is 23.6 Å². The summed E-state index contributed by atoms with van der Waals surface area (Å²) in [5.41, 5.74) is 4.63. The van der Waals surface area contributed by atoms with Crippen molar-refractivity contribution < 1.29 is 4.79 Å². The second-order valence-electron chi connectivity index (χ2n) is 5.01. The number of hydrogen-bond acceptors (Lipinski definition) is 2. The number of hydrogen-bond donors (Lipinski definition) is 2. The zero-order valence-electron chi connectivity index (χ0n) is 11.2. The highest BCUT2D eigenvalue weighted by Gasteiger charge is 2.30. The molecule has 3 rings (SSSR count). The van der Waals surface area contributed by atoms with E-state index in [1.165, 1.54) is 11.1 Å². The van der Waals surface area contributed by atoms with Gasteiger partial charge in [0.05, 0.1) is 0 Å². The van der Waals surface area contributed by atoms with E-state index in [-0.39, 0.29) is 11.8 Å². The van der Waals surface area contributed by atoms with Crippen molar-refractivity contribution >= 4 is 11.7 Å². The zero-order valence-corrected chi connectivity index (χ0v) is 11.2. The third-order valence-corrected chi connectivity index (χ3v) is 3.78. The third kappa shape index (κ3) is 2.03. The van der Waals surface area contributed by atoms with Crippen LogP contribution < -0.4 is 5.32 Å². The fourth-order valence-electron chi connectivity index (χ4n) is 2.70. The van der Waals surface area contributed by atoms with Gasteiger partial charge in [0.15, 0.2) is 5.82 Å². The number of fused-ring (bicyclic) bond motifs is 1. The van der Waals surface area contributed by atoms with Crippen LogP contribution in [0.25, 0.3) is 0 Å². The summed E-state index contributed by atoms with van der Waals surface area (Å²) < 4.78 is 0. The van der Waals surface area contributed by atoms with Crippen molar-refractivity contribution in [1.29, 1.82) is 0 Å². The van der Waals surface area contributed by atoms with Crippen LogP contribution in [0.5, 0.6) is 0 Å². The molecule has 4 heteroatoms. The van der Waals surface area contributed by atoms with Crippen LogP contribution in [-0.4, -0.2) is 16.1 Å². The van der Waals surface area contributed by atoms with E-state index in [0.29, 0.717) is 12.2 Å². The number of carbonyl (C=O) groups is 1. The van der Waals surface area contributed by atoms with Gasteiger partial charge in [-0.25, -0.2) is 0 Å². The first-order valence-corrected chi connectivity index (χ1v) is 6.62. The third-order valence-electron chi connectivity index (χ3n) is 3.78. The SMILES string of the molecule is CCc1ccc(C2CC(=O)Nc3n[nH]c(C)c32)cc1. The Morgan fingerprint density at radius 2 is 2.05 bits per heavy atom. The molecule has 1 aromatic heterocycles. The van der Waals surface area contributed by atoms with Crippen LogP contribution in [0, 0.1) is 6.92 Å². The van der Waals surface area contributed by atoms with Gasteiger partial charge in [-0.3, -0.25) is 9.89 Å². The van der Waals surface area contributed by atoms with Gasteiger partial charge in [-0.1, -0.05) is 31.2 Å². The summed E-state index contributed by atoms with van der Waals surface area (Å²) >= 11 is 0. The monoisotopic (exact) mass is 255 g/mol. The van der Waals surface area contributed by atoms with Crippen molar-refractivity contribution in [2.45, 2.75) is 32.6 Å². The highest BCUT2D eigenvalue weighted by molar-refractivity contribution is 5.94. The number of H-pyrrole nitrogens is 1. The minimum Gasteiger partial charge on any atom is -0.309 e. The molecule has 98 valence electrons. The molecule has 0 saturated carbocycles. The number of rotatable bonds is 2. The van der Waals surface area contributed by atoms with E-state index in [1.807, 2.05) is 6.92 Å². The van der Waals surface area contributed by atoms with Gasteiger partial charge in [-0.05, 0) is 24.5 Å². The van der Waals surface area contributed by atoms with Crippen LogP contribution >= 0.6 is 0 Å². The van der Waals surface area contributed by atoms with Gasteiger partial charge in [-0.15, -0.1) is 0 Å². The highest BCUT2D eigenvalue weighted by atomic mass is 16.1. The van der Waals surface area contributed by atoms with Gasteiger partial charge in [-0.2, -0.15) is 5.10 Å².